The van der Waals surface area contributed by atoms with Gasteiger partial charge in [-0.1, -0.05) is 41.6 Å². The summed E-state index contributed by atoms with van der Waals surface area (Å²) >= 11 is 1.34. The van der Waals surface area contributed by atoms with Gasteiger partial charge < -0.3 is 4.42 Å². The highest BCUT2D eigenvalue weighted by Gasteiger charge is 2.30. The summed E-state index contributed by atoms with van der Waals surface area (Å²) in [5, 5.41) is 9.08. The van der Waals surface area contributed by atoms with Crippen LogP contribution in [0.15, 0.2) is 75.3 Å². The van der Waals surface area contributed by atoms with Gasteiger partial charge in [-0.2, -0.15) is 4.31 Å². The van der Waals surface area contributed by atoms with E-state index in [0.29, 0.717) is 41.1 Å². The van der Waals surface area contributed by atoms with Crippen LogP contribution in [0.3, 0.4) is 0 Å². The predicted octanol–water partition coefficient (Wildman–Crippen LogP) is 5.05. The van der Waals surface area contributed by atoms with Crippen LogP contribution in [-0.4, -0.2) is 40.6 Å². The molecule has 176 valence electrons. The van der Waals surface area contributed by atoms with Crippen LogP contribution >= 0.6 is 11.8 Å². The molecule has 5 rings (SSSR count). The minimum absolute atomic E-state index is 0.0444. The van der Waals surface area contributed by atoms with E-state index >= 15 is 0 Å². The van der Waals surface area contributed by atoms with Crippen LogP contribution in [0.4, 0.5) is 4.39 Å². The molecule has 0 saturated carbocycles. The van der Waals surface area contributed by atoms with Crippen molar-refractivity contribution in [2.75, 3.05) is 13.1 Å². The number of halogens is 1. The van der Waals surface area contributed by atoms with E-state index in [-0.39, 0.29) is 10.9 Å². The number of thioether (sulfide) groups is 1. The van der Waals surface area contributed by atoms with Gasteiger partial charge in [-0.15, -0.1) is 10.2 Å². The van der Waals surface area contributed by atoms with Crippen LogP contribution in [0.25, 0.3) is 17.1 Å². The molecule has 1 saturated heterocycles. The molecule has 34 heavy (non-hydrogen) atoms. The van der Waals surface area contributed by atoms with Crippen LogP contribution in [0, 0.1) is 12.7 Å². The summed E-state index contributed by atoms with van der Waals surface area (Å²) in [6.45, 7) is 3.03. The monoisotopic (exact) mass is 498 g/mol. The van der Waals surface area contributed by atoms with Crippen molar-refractivity contribution < 1.29 is 17.2 Å². The lowest BCUT2D eigenvalue weighted by molar-refractivity contribution is 0.397. The zero-order valence-electron chi connectivity index (χ0n) is 18.5. The Bertz CT molecular complexity index is 1410. The molecule has 0 unspecified atom stereocenters. The standard InChI is InChI=1S/C24H23FN4O3S2/c1-17-8-10-18(11-9-17)29-23(20-6-2-3-7-21(20)25)26-27-24(29)33-16-19-12-13-22(32-19)34(30,31)28-14-4-5-15-28/h2-3,6-13H,4-5,14-16H2,1H3. The average molecular weight is 499 g/mol. The Labute approximate surface area is 201 Å². The number of sulfonamides is 1. The van der Waals surface area contributed by atoms with Crippen molar-refractivity contribution >= 4 is 21.8 Å². The molecule has 0 N–H and O–H groups in total. The van der Waals surface area contributed by atoms with Crippen molar-refractivity contribution in [3.8, 4) is 17.1 Å². The number of aromatic nitrogens is 3. The van der Waals surface area contributed by atoms with E-state index in [9.17, 15) is 12.8 Å². The summed E-state index contributed by atoms with van der Waals surface area (Å²) in [6.07, 6.45) is 1.73. The van der Waals surface area contributed by atoms with E-state index < -0.39 is 10.0 Å². The van der Waals surface area contributed by atoms with Crippen molar-refractivity contribution in [2.24, 2.45) is 0 Å². The molecule has 4 aromatic rings. The predicted molar refractivity (Wildman–Crippen MR) is 128 cm³/mol. The molecule has 0 radical (unpaired) electrons. The first-order valence-electron chi connectivity index (χ1n) is 10.9. The van der Waals surface area contributed by atoms with Gasteiger partial charge in [-0.25, -0.2) is 12.8 Å². The second-order valence-electron chi connectivity index (χ2n) is 8.08. The summed E-state index contributed by atoms with van der Waals surface area (Å²) in [5.41, 5.74) is 2.24. The van der Waals surface area contributed by atoms with Crippen LogP contribution < -0.4 is 0 Å². The number of hydrogen-bond acceptors (Lipinski definition) is 6. The maximum atomic E-state index is 14.6. The molecule has 0 amide bonds. The zero-order valence-corrected chi connectivity index (χ0v) is 20.2. The molecule has 1 aliphatic heterocycles. The first-order chi connectivity index (χ1) is 16.4. The molecule has 0 atom stereocenters. The number of benzene rings is 2. The first-order valence-corrected chi connectivity index (χ1v) is 13.3. The van der Waals surface area contributed by atoms with Crippen molar-refractivity contribution in [3.63, 3.8) is 0 Å². The van der Waals surface area contributed by atoms with Crippen LogP contribution in [0.1, 0.15) is 24.2 Å². The fourth-order valence-corrected chi connectivity index (χ4v) is 6.16. The molecule has 1 fully saturated rings. The Morgan fingerprint density at radius 2 is 1.74 bits per heavy atom. The van der Waals surface area contributed by atoms with Crippen LogP contribution in [0.2, 0.25) is 0 Å². The number of aryl methyl sites for hydroxylation is 1. The molecule has 0 aliphatic carbocycles. The van der Waals surface area contributed by atoms with E-state index in [1.165, 1.54) is 28.2 Å². The van der Waals surface area contributed by atoms with Gasteiger partial charge in [-0.05, 0) is 56.2 Å². The molecule has 0 spiro atoms. The van der Waals surface area contributed by atoms with Gasteiger partial charge in [-0.3, -0.25) is 4.57 Å². The molecule has 0 bridgehead atoms. The van der Waals surface area contributed by atoms with Gasteiger partial charge in [0.2, 0.25) is 5.09 Å². The average Bonchev–Trinajstić information content (AvgIpc) is 3.60. The summed E-state index contributed by atoms with van der Waals surface area (Å²) in [4.78, 5) is 0. The maximum absolute atomic E-state index is 14.6. The van der Waals surface area contributed by atoms with E-state index in [0.717, 1.165) is 24.1 Å². The molecule has 2 aromatic heterocycles. The minimum Gasteiger partial charge on any atom is -0.447 e. The smallest absolute Gasteiger partial charge is 0.276 e. The third-order valence-corrected chi connectivity index (χ3v) is 8.40. The van der Waals surface area contributed by atoms with Gasteiger partial charge in [0.1, 0.15) is 11.6 Å². The van der Waals surface area contributed by atoms with E-state index in [4.69, 9.17) is 4.42 Å². The molecular formula is C24H23FN4O3S2. The zero-order chi connectivity index (χ0) is 23.7. The second kappa shape index (κ2) is 9.36. The molecule has 2 aromatic carbocycles. The fraction of sp³-hybridized carbons (Fsp3) is 0.250. The molecule has 1 aliphatic rings. The van der Waals surface area contributed by atoms with Crippen molar-refractivity contribution in [1.82, 2.24) is 19.1 Å². The fourth-order valence-electron chi connectivity index (χ4n) is 3.87. The van der Waals surface area contributed by atoms with Crippen molar-refractivity contribution in [1.29, 1.82) is 0 Å². The molecule has 10 heteroatoms. The second-order valence-corrected chi connectivity index (χ2v) is 10.9. The van der Waals surface area contributed by atoms with E-state index in [1.807, 2.05) is 31.2 Å². The molecule has 3 heterocycles. The van der Waals surface area contributed by atoms with Gasteiger partial charge in [0, 0.05) is 18.8 Å². The van der Waals surface area contributed by atoms with Gasteiger partial charge in [0.15, 0.2) is 11.0 Å². The lowest BCUT2D eigenvalue weighted by atomic mass is 10.2. The summed E-state index contributed by atoms with van der Waals surface area (Å²) < 4.78 is 49.0. The van der Waals surface area contributed by atoms with Gasteiger partial charge >= 0.3 is 0 Å². The Balaban J connectivity index is 1.44. The van der Waals surface area contributed by atoms with Gasteiger partial charge in [0.25, 0.3) is 10.0 Å². The maximum Gasteiger partial charge on any atom is 0.276 e. The Morgan fingerprint density at radius 3 is 2.47 bits per heavy atom. The summed E-state index contributed by atoms with van der Waals surface area (Å²) in [7, 11) is -3.61. The summed E-state index contributed by atoms with van der Waals surface area (Å²) in [5.74, 6) is 0.856. The highest BCUT2D eigenvalue weighted by Crippen LogP contribution is 2.32. The lowest BCUT2D eigenvalue weighted by Crippen LogP contribution is -2.27. The minimum atomic E-state index is -3.61. The number of rotatable bonds is 7. The Morgan fingerprint density at radius 1 is 1.00 bits per heavy atom. The van der Waals surface area contributed by atoms with Crippen molar-refractivity contribution in [2.45, 2.75) is 35.8 Å². The quantitative estimate of drug-likeness (QED) is 0.332. The van der Waals surface area contributed by atoms with Crippen LogP contribution in [0.5, 0.6) is 0 Å². The topological polar surface area (TPSA) is 81.2 Å². The highest BCUT2D eigenvalue weighted by molar-refractivity contribution is 7.98. The number of nitrogens with zero attached hydrogens (tertiary/aromatic N) is 4. The molecular weight excluding hydrogens is 475 g/mol. The lowest BCUT2D eigenvalue weighted by Gasteiger charge is -2.12. The third kappa shape index (κ3) is 4.40. The highest BCUT2D eigenvalue weighted by atomic mass is 32.2. The van der Waals surface area contributed by atoms with Crippen LogP contribution in [-0.2, 0) is 15.8 Å². The SMILES string of the molecule is Cc1ccc(-n2c(SCc3ccc(S(=O)(=O)N4CCCC4)o3)nnc2-c2ccccc2F)cc1. The molecule has 7 nitrogen and oxygen atoms in total. The normalized spacial score (nSPS) is 14.6. The first kappa shape index (κ1) is 22.8. The van der Waals surface area contributed by atoms with Crippen molar-refractivity contribution in [3.05, 3.63) is 77.8 Å². The largest absolute Gasteiger partial charge is 0.447 e. The number of hydrogen-bond donors (Lipinski definition) is 0. The Hall–Kier alpha value is -2.95. The van der Waals surface area contributed by atoms with Gasteiger partial charge in [0.05, 0.1) is 11.3 Å². The third-order valence-electron chi connectivity index (χ3n) is 5.68. The van der Waals surface area contributed by atoms with E-state index in [2.05, 4.69) is 10.2 Å². The van der Waals surface area contributed by atoms with E-state index in [1.54, 1.807) is 28.8 Å². The summed E-state index contributed by atoms with van der Waals surface area (Å²) in [6, 6.07) is 17.4. The number of furan rings is 1. The Kier molecular flexibility index (Phi) is 6.28.